The Bertz CT molecular complexity index is 524. The molecule has 1 rings (SSSR count). The Kier molecular flexibility index (Phi) is 4.95. The number of benzene rings is 1. The number of nitrogens with zero attached hydrogens (tertiary/aromatic N) is 1. The van der Waals surface area contributed by atoms with Gasteiger partial charge < -0.3 is 16.3 Å². The van der Waals surface area contributed by atoms with Gasteiger partial charge in [-0.15, -0.1) is 0 Å². The zero-order chi connectivity index (χ0) is 15.4. The molecule has 0 aliphatic carbocycles. The molecule has 0 spiro atoms. The van der Waals surface area contributed by atoms with Gasteiger partial charge in [-0.1, -0.05) is 19.0 Å². The van der Waals surface area contributed by atoms with Gasteiger partial charge in [-0.25, -0.2) is 13.2 Å². The van der Waals surface area contributed by atoms with Crippen molar-refractivity contribution in [2.45, 2.75) is 19.9 Å². The lowest BCUT2D eigenvalue weighted by Gasteiger charge is -2.20. The third-order valence-electron chi connectivity index (χ3n) is 2.63. The van der Waals surface area contributed by atoms with Crippen molar-refractivity contribution < 1.29 is 23.2 Å². The Hall–Kier alpha value is -2.25. The van der Waals surface area contributed by atoms with E-state index in [9.17, 15) is 18.0 Å². The van der Waals surface area contributed by atoms with E-state index in [1.165, 1.54) is 0 Å². The largest absolute Gasteiger partial charge is 0.409 e. The van der Waals surface area contributed by atoms with E-state index in [2.05, 4.69) is 10.5 Å². The summed E-state index contributed by atoms with van der Waals surface area (Å²) >= 11 is 0. The topological polar surface area (TPSA) is 87.7 Å². The molecule has 110 valence electrons. The van der Waals surface area contributed by atoms with Crippen LogP contribution in [0, 0.1) is 23.4 Å². The summed E-state index contributed by atoms with van der Waals surface area (Å²) in [5.74, 6) is -5.95. The number of halogens is 3. The number of hydrogen-bond donors (Lipinski definition) is 3. The standard InChI is InChI=1S/C12H14F3N3O2/c1-5(2)10(11(16)18-20)17-12(19)6-3-7(13)9(15)8(14)4-6/h3-5,10,20H,1-2H3,(H2,16,18)(H,17,19). The second-order valence-electron chi connectivity index (χ2n) is 4.47. The van der Waals surface area contributed by atoms with E-state index >= 15 is 0 Å². The highest BCUT2D eigenvalue weighted by molar-refractivity contribution is 5.98. The van der Waals surface area contributed by atoms with Crippen molar-refractivity contribution in [2.24, 2.45) is 16.8 Å². The number of hydrogen-bond acceptors (Lipinski definition) is 3. The summed E-state index contributed by atoms with van der Waals surface area (Å²) in [5, 5.41) is 13.7. The lowest BCUT2D eigenvalue weighted by atomic mass is 10.0. The predicted molar refractivity (Wildman–Crippen MR) is 65.8 cm³/mol. The first-order valence-corrected chi connectivity index (χ1v) is 5.70. The Morgan fingerprint density at radius 1 is 1.30 bits per heavy atom. The van der Waals surface area contributed by atoms with Crippen LogP contribution < -0.4 is 11.1 Å². The first-order chi connectivity index (χ1) is 9.27. The highest BCUT2D eigenvalue weighted by Gasteiger charge is 2.23. The second-order valence-corrected chi connectivity index (χ2v) is 4.47. The fraction of sp³-hybridized carbons (Fsp3) is 0.333. The first-order valence-electron chi connectivity index (χ1n) is 5.70. The molecule has 1 aromatic carbocycles. The quantitative estimate of drug-likeness (QED) is 0.259. The molecule has 1 unspecified atom stereocenters. The summed E-state index contributed by atoms with van der Waals surface area (Å²) in [6, 6.07) is 0.304. The smallest absolute Gasteiger partial charge is 0.252 e. The molecule has 0 fully saturated rings. The molecule has 1 aromatic rings. The molecular weight excluding hydrogens is 275 g/mol. The normalized spacial score (nSPS) is 13.4. The zero-order valence-corrected chi connectivity index (χ0v) is 10.8. The van der Waals surface area contributed by atoms with Crippen LogP contribution in [-0.4, -0.2) is 23.0 Å². The molecule has 0 bridgehead atoms. The van der Waals surface area contributed by atoms with E-state index in [-0.39, 0.29) is 11.8 Å². The van der Waals surface area contributed by atoms with Crippen LogP contribution in [0.25, 0.3) is 0 Å². The highest BCUT2D eigenvalue weighted by Crippen LogP contribution is 2.14. The summed E-state index contributed by atoms with van der Waals surface area (Å²) in [6.07, 6.45) is 0. The predicted octanol–water partition coefficient (Wildman–Crippen LogP) is 1.60. The van der Waals surface area contributed by atoms with Crippen LogP contribution in [0.4, 0.5) is 13.2 Å². The minimum Gasteiger partial charge on any atom is -0.409 e. The lowest BCUT2D eigenvalue weighted by Crippen LogP contribution is -2.47. The molecule has 4 N–H and O–H groups in total. The van der Waals surface area contributed by atoms with Crippen LogP contribution in [-0.2, 0) is 0 Å². The van der Waals surface area contributed by atoms with Gasteiger partial charge in [0.05, 0.1) is 6.04 Å². The maximum Gasteiger partial charge on any atom is 0.252 e. The van der Waals surface area contributed by atoms with Gasteiger partial charge in [0.25, 0.3) is 5.91 Å². The molecule has 0 saturated heterocycles. The maximum absolute atomic E-state index is 13.0. The summed E-state index contributed by atoms with van der Waals surface area (Å²) in [7, 11) is 0. The molecule has 0 radical (unpaired) electrons. The molecule has 8 heteroatoms. The monoisotopic (exact) mass is 289 g/mol. The summed E-state index contributed by atoms with van der Waals surface area (Å²) in [6.45, 7) is 3.38. The van der Waals surface area contributed by atoms with Crippen molar-refractivity contribution >= 4 is 11.7 Å². The number of amidine groups is 1. The third kappa shape index (κ3) is 3.40. The molecule has 0 saturated carbocycles. The molecule has 0 aromatic heterocycles. The Morgan fingerprint density at radius 2 is 1.80 bits per heavy atom. The lowest BCUT2D eigenvalue weighted by molar-refractivity contribution is 0.0937. The van der Waals surface area contributed by atoms with Gasteiger partial charge >= 0.3 is 0 Å². The molecule has 1 atom stereocenters. The Morgan fingerprint density at radius 3 is 2.20 bits per heavy atom. The Balaban J connectivity index is 3.01. The highest BCUT2D eigenvalue weighted by atomic mass is 19.2. The number of nitrogens with one attached hydrogen (secondary N) is 1. The second kappa shape index (κ2) is 6.27. The number of rotatable bonds is 4. The van der Waals surface area contributed by atoms with Gasteiger partial charge in [0.15, 0.2) is 23.3 Å². The van der Waals surface area contributed by atoms with E-state index in [1.54, 1.807) is 13.8 Å². The number of carbonyl (C=O) groups is 1. The molecule has 0 aliphatic heterocycles. The SMILES string of the molecule is CC(C)C(NC(=O)c1cc(F)c(F)c(F)c1)C(N)=NO. The molecule has 5 nitrogen and oxygen atoms in total. The van der Waals surface area contributed by atoms with Crippen molar-refractivity contribution in [3.8, 4) is 0 Å². The number of amides is 1. The van der Waals surface area contributed by atoms with E-state index < -0.39 is 35.0 Å². The Labute approximate surface area is 113 Å². The van der Waals surface area contributed by atoms with Crippen molar-refractivity contribution in [3.05, 3.63) is 35.1 Å². The van der Waals surface area contributed by atoms with Crippen molar-refractivity contribution in [1.82, 2.24) is 5.32 Å². The van der Waals surface area contributed by atoms with Crippen LogP contribution in [0.1, 0.15) is 24.2 Å². The van der Waals surface area contributed by atoms with Crippen molar-refractivity contribution in [1.29, 1.82) is 0 Å². The molecular formula is C12H14F3N3O2. The van der Waals surface area contributed by atoms with Gasteiger partial charge in [0.2, 0.25) is 0 Å². The van der Waals surface area contributed by atoms with Crippen LogP contribution in [0.15, 0.2) is 17.3 Å². The van der Waals surface area contributed by atoms with Gasteiger partial charge in [-0.2, -0.15) is 0 Å². The molecule has 1 amide bonds. The number of nitrogens with two attached hydrogens (primary N) is 1. The van der Waals surface area contributed by atoms with Crippen LogP contribution in [0.3, 0.4) is 0 Å². The number of carbonyl (C=O) groups excluding carboxylic acids is 1. The third-order valence-corrected chi connectivity index (χ3v) is 2.63. The summed E-state index contributed by atoms with van der Waals surface area (Å²) in [5.41, 5.74) is 5.00. The molecule has 0 heterocycles. The van der Waals surface area contributed by atoms with E-state index in [0.717, 1.165) is 0 Å². The minimum absolute atomic E-state index is 0.231. The van der Waals surface area contributed by atoms with Gasteiger partial charge in [-0.05, 0) is 18.1 Å². The van der Waals surface area contributed by atoms with Gasteiger partial charge in [0.1, 0.15) is 0 Å². The summed E-state index contributed by atoms with van der Waals surface area (Å²) in [4.78, 5) is 11.8. The average molecular weight is 289 g/mol. The molecule has 0 aliphatic rings. The van der Waals surface area contributed by atoms with Crippen LogP contribution in [0.5, 0.6) is 0 Å². The van der Waals surface area contributed by atoms with Crippen molar-refractivity contribution in [3.63, 3.8) is 0 Å². The zero-order valence-electron chi connectivity index (χ0n) is 10.8. The minimum atomic E-state index is -1.65. The van der Waals surface area contributed by atoms with E-state index in [4.69, 9.17) is 10.9 Å². The van der Waals surface area contributed by atoms with Gasteiger partial charge in [-0.3, -0.25) is 4.79 Å². The number of oxime groups is 1. The van der Waals surface area contributed by atoms with E-state index in [1.807, 2.05) is 0 Å². The van der Waals surface area contributed by atoms with Crippen LogP contribution >= 0.6 is 0 Å². The average Bonchev–Trinajstić information content (AvgIpc) is 2.39. The van der Waals surface area contributed by atoms with Crippen LogP contribution in [0.2, 0.25) is 0 Å². The first kappa shape index (κ1) is 15.8. The summed E-state index contributed by atoms with van der Waals surface area (Å²) < 4.78 is 38.9. The molecule has 20 heavy (non-hydrogen) atoms. The van der Waals surface area contributed by atoms with E-state index in [0.29, 0.717) is 12.1 Å². The van der Waals surface area contributed by atoms with Gasteiger partial charge in [0, 0.05) is 5.56 Å². The fourth-order valence-corrected chi connectivity index (χ4v) is 1.56. The maximum atomic E-state index is 13.0. The fourth-order valence-electron chi connectivity index (χ4n) is 1.56. The van der Waals surface area contributed by atoms with Crippen molar-refractivity contribution in [2.75, 3.05) is 0 Å².